The summed E-state index contributed by atoms with van der Waals surface area (Å²) in [5.74, 6) is -1.45. The molecule has 0 bridgehead atoms. The third-order valence-electron chi connectivity index (χ3n) is 4.80. The van der Waals surface area contributed by atoms with Crippen LogP contribution in [0.5, 0.6) is 0 Å². The predicted octanol–water partition coefficient (Wildman–Crippen LogP) is 3.84. The second-order valence-electron chi connectivity index (χ2n) is 7.51. The minimum Gasteiger partial charge on any atom is -0.354 e. The summed E-state index contributed by atoms with van der Waals surface area (Å²) in [7, 11) is -3.90. The van der Waals surface area contributed by atoms with Crippen molar-refractivity contribution in [2.24, 2.45) is 0 Å². The molecule has 0 aromatic heterocycles. The highest BCUT2D eigenvalue weighted by Gasteiger charge is 2.30. The van der Waals surface area contributed by atoms with E-state index in [-0.39, 0.29) is 28.2 Å². The number of carbonyl (C=O) groups excluding carboxylic acids is 2. The van der Waals surface area contributed by atoms with Gasteiger partial charge in [-0.05, 0) is 49.2 Å². The Morgan fingerprint density at radius 2 is 1.67 bits per heavy atom. The van der Waals surface area contributed by atoms with Gasteiger partial charge in [-0.15, -0.1) is 0 Å². The Hall–Kier alpha value is -2.36. The number of rotatable bonds is 10. The average molecular weight is 518 g/mol. The summed E-state index contributed by atoms with van der Waals surface area (Å²) in [4.78, 5) is 27.2. The summed E-state index contributed by atoms with van der Waals surface area (Å²) in [6, 6.07) is 8.78. The third-order valence-corrected chi connectivity index (χ3v) is 6.37. The maximum atomic E-state index is 13.3. The number of nitrogens with one attached hydrogen (secondary N) is 1. The molecule has 0 aliphatic heterocycles. The van der Waals surface area contributed by atoms with Gasteiger partial charge in [-0.2, -0.15) is 0 Å². The van der Waals surface area contributed by atoms with Crippen molar-refractivity contribution in [2.75, 3.05) is 23.7 Å². The van der Waals surface area contributed by atoms with Crippen molar-refractivity contribution in [1.82, 2.24) is 10.2 Å². The Labute approximate surface area is 203 Å². The zero-order valence-corrected chi connectivity index (χ0v) is 20.8. The summed E-state index contributed by atoms with van der Waals surface area (Å²) < 4.78 is 39.2. The lowest BCUT2D eigenvalue weighted by atomic mass is 10.1. The SMILES string of the molecule is CCCNC(=O)[C@H](C)N(Cc1ccc(F)cc1)C(=O)CN(c1cc(Cl)cc(Cl)c1)S(C)(=O)=O. The quantitative estimate of drug-likeness (QED) is 0.518. The molecule has 2 aromatic rings. The summed E-state index contributed by atoms with van der Waals surface area (Å²) in [5, 5.41) is 3.14. The van der Waals surface area contributed by atoms with Gasteiger partial charge in [0.1, 0.15) is 18.4 Å². The van der Waals surface area contributed by atoms with Gasteiger partial charge >= 0.3 is 0 Å². The first-order chi connectivity index (χ1) is 15.4. The Morgan fingerprint density at radius 1 is 1.09 bits per heavy atom. The third kappa shape index (κ3) is 7.87. The summed E-state index contributed by atoms with van der Waals surface area (Å²) in [6.07, 6.45) is 1.67. The Balaban J connectivity index is 2.39. The zero-order valence-electron chi connectivity index (χ0n) is 18.5. The van der Waals surface area contributed by atoms with Crippen molar-refractivity contribution >= 4 is 50.7 Å². The van der Waals surface area contributed by atoms with Crippen molar-refractivity contribution in [3.05, 3.63) is 63.9 Å². The van der Waals surface area contributed by atoms with E-state index in [0.29, 0.717) is 18.5 Å². The number of carbonyl (C=O) groups is 2. The molecule has 11 heteroatoms. The van der Waals surface area contributed by atoms with E-state index >= 15 is 0 Å². The van der Waals surface area contributed by atoms with E-state index in [2.05, 4.69) is 5.32 Å². The molecule has 0 fully saturated rings. The highest BCUT2D eigenvalue weighted by atomic mass is 35.5. The summed E-state index contributed by atoms with van der Waals surface area (Å²) >= 11 is 12.0. The first-order valence-corrected chi connectivity index (χ1v) is 12.8. The fraction of sp³-hybridized carbons (Fsp3) is 0.364. The van der Waals surface area contributed by atoms with E-state index in [4.69, 9.17) is 23.2 Å². The number of sulfonamides is 1. The molecule has 0 radical (unpaired) electrons. The fourth-order valence-corrected chi connectivity index (χ4v) is 4.41. The second-order valence-corrected chi connectivity index (χ2v) is 10.3. The molecule has 2 aromatic carbocycles. The van der Waals surface area contributed by atoms with E-state index in [9.17, 15) is 22.4 Å². The minimum absolute atomic E-state index is 0.0201. The monoisotopic (exact) mass is 517 g/mol. The lowest BCUT2D eigenvalue weighted by molar-refractivity contribution is -0.139. The van der Waals surface area contributed by atoms with E-state index in [1.54, 1.807) is 6.92 Å². The molecule has 0 heterocycles. The molecule has 180 valence electrons. The van der Waals surface area contributed by atoms with Crippen LogP contribution in [0.4, 0.5) is 10.1 Å². The first kappa shape index (κ1) is 26.9. The van der Waals surface area contributed by atoms with Gasteiger partial charge in [-0.1, -0.05) is 42.3 Å². The van der Waals surface area contributed by atoms with Crippen LogP contribution in [-0.4, -0.2) is 50.5 Å². The van der Waals surface area contributed by atoms with Crippen LogP contribution >= 0.6 is 23.2 Å². The lowest BCUT2D eigenvalue weighted by Gasteiger charge is -2.31. The lowest BCUT2D eigenvalue weighted by Crippen LogP contribution is -2.51. The Bertz CT molecular complexity index is 1080. The van der Waals surface area contributed by atoms with E-state index in [0.717, 1.165) is 10.6 Å². The molecule has 0 saturated heterocycles. The normalized spacial score (nSPS) is 12.2. The van der Waals surface area contributed by atoms with Crippen molar-refractivity contribution in [3.63, 3.8) is 0 Å². The number of nitrogens with zero attached hydrogens (tertiary/aromatic N) is 2. The van der Waals surface area contributed by atoms with E-state index in [1.807, 2.05) is 6.92 Å². The standard InChI is InChI=1S/C22H26Cl2FN3O4S/c1-4-9-26-22(30)15(2)27(13-16-5-7-19(25)8-6-16)21(29)14-28(33(3,31)32)20-11-17(23)10-18(24)12-20/h5-8,10-12,15H,4,9,13-14H2,1-3H3,(H,26,30)/t15-/m0/s1. The van der Waals surface area contributed by atoms with Gasteiger partial charge in [-0.25, -0.2) is 12.8 Å². The minimum atomic E-state index is -3.90. The number of benzene rings is 2. The average Bonchev–Trinajstić information content (AvgIpc) is 2.73. The molecular weight excluding hydrogens is 492 g/mol. The molecule has 0 aliphatic carbocycles. The van der Waals surface area contributed by atoms with Crippen LogP contribution in [0.2, 0.25) is 10.0 Å². The molecule has 2 amide bonds. The van der Waals surface area contributed by atoms with Gasteiger partial charge in [0.2, 0.25) is 21.8 Å². The molecule has 1 N–H and O–H groups in total. The topological polar surface area (TPSA) is 86.8 Å². The fourth-order valence-electron chi connectivity index (χ4n) is 3.06. The number of amides is 2. The predicted molar refractivity (Wildman–Crippen MR) is 128 cm³/mol. The molecule has 7 nitrogen and oxygen atoms in total. The van der Waals surface area contributed by atoms with Crippen LogP contribution in [0.3, 0.4) is 0 Å². The maximum Gasteiger partial charge on any atom is 0.244 e. The van der Waals surface area contributed by atoms with Crippen molar-refractivity contribution in [3.8, 4) is 0 Å². The highest BCUT2D eigenvalue weighted by Crippen LogP contribution is 2.27. The molecular formula is C22H26Cl2FN3O4S. The van der Waals surface area contributed by atoms with Gasteiger partial charge in [0, 0.05) is 23.1 Å². The van der Waals surface area contributed by atoms with Gasteiger partial charge < -0.3 is 10.2 Å². The van der Waals surface area contributed by atoms with Crippen LogP contribution in [-0.2, 0) is 26.2 Å². The molecule has 2 rings (SSSR count). The van der Waals surface area contributed by atoms with Crippen LogP contribution in [0.1, 0.15) is 25.8 Å². The second kappa shape index (κ2) is 11.7. The molecule has 0 spiro atoms. The Kier molecular flexibility index (Phi) is 9.51. The van der Waals surface area contributed by atoms with Crippen LogP contribution in [0, 0.1) is 5.82 Å². The van der Waals surface area contributed by atoms with Gasteiger partial charge in [0.25, 0.3) is 0 Å². The number of halogens is 3. The molecule has 0 unspecified atom stereocenters. The van der Waals surface area contributed by atoms with Crippen LogP contribution in [0.15, 0.2) is 42.5 Å². The Morgan fingerprint density at radius 3 is 2.18 bits per heavy atom. The van der Waals surface area contributed by atoms with Gasteiger partial charge in [0.15, 0.2) is 0 Å². The number of hydrogen-bond donors (Lipinski definition) is 1. The zero-order chi connectivity index (χ0) is 24.8. The molecule has 0 aliphatic rings. The number of hydrogen-bond acceptors (Lipinski definition) is 4. The van der Waals surface area contributed by atoms with Crippen molar-refractivity contribution in [2.45, 2.75) is 32.9 Å². The van der Waals surface area contributed by atoms with Crippen molar-refractivity contribution in [1.29, 1.82) is 0 Å². The summed E-state index contributed by atoms with van der Waals surface area (Å²) in [5.41, 5.74) is 0.699. The summed E-state index contributed by atoms with van der Waals surface area (Å²) in [6.45, 7) is 3.27. The largest absolute Gasteiger partial charge is 0.354 e. The number of anilines is 1. The maximum absolute atomic E-state index is 13.3. The van der Waals surface area contributed by atoms with Crippen LogP contribution in [0.25, 0.3) is 0 Å². The van der Waals surface area contributed by atoms with E-state index < -0.39 is 34.3 Å². The smallest absolute Gasteiger partial charge is 0.244 e. The molecule has 33 heavy (non-hydrogen) atoms. The van der Waals surface area contributed by atoms with Crippen LogP contribution < -0.4 is 9.62 Å². The van der Waals surface area contributed by atoms with Gasteiger partial charge in [0.05, 0.1) is 11.9 Å². The van der Waals surface area contributed by atoms with E-state index in [1.165, 1.54) is 47.4 Å². The molecule has 1 atom stereocenters. The molecule has 0 saturated carbocycles. The first-order valence-electron chi connectivity index (χ1n) is 10.2. The highest BCUT2D eigenvalue weighted by molar-refractivity contribution is 7.92. The van der Waals surface area contributed by atoms with Gasteiger partial charge in [-0.3, -0.25) is 13.9 Å². The van der Waals surface area contributed by atoms with Crippen molar-refractivity contribution < 1.29 is 22.4 Å².